The van der Waals surface area contributed by atoms with Crippen molar-refractivity contribution in [3.8, 4) is 5.75 Å². The van der Waals surface area contributed by atoms with E-state index in [0.29, 0.717) is 17.0 Å². The zero-order chi connectivity index (χ0) is 17.5. The Hall–Kier alpha value is -1.95. The summed E-state index contributed by atoms with van der Waals surface area (Å²) >= 11 is 5.66. The molecule has 0 amide bonds. The summed E-state index contributed by atoms with van der Waals surface area (Å²) in [5.74, 6) is -3.22. The van der Waals surface area contributed by atoms with E-state index >= 15 is 0 Å². The Morgan fingerprint density at radius 2 is 1.91 bits per heavy atom. The number of aliphatic imine (C=N–C) groups is 1. The summed E-state index contributed by atoms with van der Waals surface area (Å²) in [7, 11) is 2.74. The highest BCUT2D eigenvalue weighted by Gasteiger charge is 2.35. The molecule has 126 valence electrons. The fraction of sp³-hybridized carbons (Fsp3) is 0.375. The van der Waals surface area contributed by atoms with E-state index in [1.165, 1.54) is 39.4 Å². The fourth-order valence-electron chi connectivity index (χ4n) is 1.69. The van der Waals surface area contributed by atoms with Crippen molar-refractivity contribution in [2.75, 3.05) is 14.2 Å². The molecule has 0 unspecified atom stereocenters. The second kappa shape index (κ2) is 8.62. The number of carbonyl (C=O) groups is 1. The molecule has 7 heteroatoms. The van der Waals surface area contributed by atoms with Gasteiger partial charge in [-0.25, -0.2) is 4.99 Å². The molecule has 0 aliphatic carbocycles. The minimum atomic E-state index is -3.32. The van der Waals surface area contributed by atoms with Crippen molar-refractivity contribution in [2.45, 2.75) is 25.7 Å². The first-order chi connectivity index (χ1) is 10.8. The Balaban J connectivity index is 2.80. The van der Waals surface area contributed by atoms with Crippen molar-refractivity contribution in [2.24, 2.45) is 4.99 Å². The van der Waals surface area contributed by atoms with Crippen molar-refractivity contribution in [3.63, 3.8) is 0 Å². The third-order valence-corrected chi connectivity index (χ3v) is 3.31. The first-order valence-electron chi connectivity index (χ1n) is 6.77. The van der Waals surface area contributed by atoms with Gasteiger partial charge in [0.2, 0.25) is 0 Å². The molecular weight excluding hydrogens is 328 g/mol. The van der Waals surface area contributed by atoms with Gasteiger partial charge in [0.15, 0.2) is 5.17 Å². The van der Waals surface area contributed by atoms with Crippen molar-refractivity contribution in [1.82, 2.24) is 0 Å². The van der Waals surface area contributed by atoms with Gasteiger partial charge in [-0.2, -0.15) is 8.78 Å². The second-order valence-corrected chi connectivity index (χ2v) is 5.17. The van der Waals surface area contributed by atoms with E-state index in [-0.39, 0.29) is 6.42 Å². The van der Waals surface area contributed by atoms with Crippen LogP contribution in [0.25, 0.3) is 0 Å². The lowest BCUT2D eigenvalue weighted by molar-refractivity contribution is -0.139. The van der Waals surface area contributed by atoms with E-state index in [0.717, 1.165) is 0 Å². The van der Waals surface area contributed by atoms with Crippen LogP contribution in [0.3, 0.4) is 0 Å². The van der Waals surface area contributed by atoms with Gasteiger partial charge in [-0.15, -0.1) is 0 Å². The van der Waals surface area contributed by atoms with E-state index in [1.807, 2.05) is 0 Å². The average Bonchev–Trinajstić information content (AvgIpc) is 2.52. The lowest BCUT2D eigenvalue weighted by atomic mass is 10.1. The Kier molecular flexibility index (Phi) is 7.16. The first kappa shape index (κ1) is 19.1. The van der Waals surface area contributed by atoms with Crippen LogP contribution in [0.4, 0.5) is 14.5 Å². The van der Waals surface area contributed by atoms with Crippen molar-refractivity contribution in [3.05, 3.63) is 35.9 Å². The summed E-state index contributed by atoms with van der Waals surface area (Å²) in [6.45, 7) is 1.49. The van der Waals surface area contributed by atoms with Gasteiger partial charge in [0.1, 0.15) is 5.75 Å². The maximum absolute atomic E-state index is 14.1. The maximum atomic E-state index is 14.1. The highest BCUT2D eigenvalue weighted by atomic mass is 35.5. The van der Waals surface area contributed by atoms with Crippen molar-refractivity contribution < 1.29 is 23.0 Å². The fourth-order valence-corrected chi connectivity index (χ4v) is 1.85. The van der Waals surface area contributed by atoms with Crippen LogP contribution in [0.1, 0.15) is 19.8 Å². The lowest BCUT2D eigenvalue weighted by Gasteiger charge is -2.15. The molecule has 0 bridgehead atoms. The highest BCUT2D eigenvalue weighted by molar-refractivity contribution is 6.67. The lowest BCUT2D eigenvalue weighted by Crippen LogP contribution is -2.24. The average molecular weight is 346 g/mol. The molecular formula is C16H18ClF2NO3. The van der Waals surface area contributed by atoms with E-state index in [4.69, 9.17) is 16.3 Å². The number of carbonyl (C=O) groups excluding carboxylic acids is 1. The Labute approximate surface area is 138 Å². The predicted octanol–water partition coefficient (Wildman–Crippen LogP) is 4.50. The minimum Gasteiger partial charge on any atom is -0.497 e. The molecule has 0 saturated carbocycles. The first-order valence-corrected chi connectivity index (χ1v) is 7.15. The van der Waals surface area contributed by atoms with Crippen LogP contribution in [0.15, 0.2) is 40.9 Å². The Morgan fingerprint density at radius 3 is 2.43 bits per heavy atom. The SMILES string of the molecule is COC(=O)C/C=C(\C)CC(F)(F)C(Cl)=Nc1ccc(OC)cc1. The molecule has 0 spiro atoms. The number of alkyl halides is 2. The van der Waals surface area contributed by atoms with E-state index < -0.39 is 23.5 Å². The summed E-state index contributed by atoms with van der Waals surface area (Å²) in [6.07, 6.45) is 0.700. The quantitative estimate of drug-likeness (QED) is 0.415. The third kappa shape index (κ3) is 6.36. The number of benzene rings is 1. The molecule has 0 saturated heterocycles. The van der Waals surface area contributed by atoms with E-state index in [9.17, 15) is 13.6 Å². The summed E-state index contributed by atoms with van der Waals surface area (Å²) in [5, 5.41) is -0.812. The van der Waals surface area contributed by atoms with Crippen LogP contribution < -0.4 is 4.74 Å². The number of ether oxygens (including phenoxy) is 2. The molecule has 0 aromatic heterocycles. The highest BCUT2D eigenvalue weighted by Crippen LogP contribution is 2.29. The number of allylic oxidation sites excluding steroid dienone is 1. The number of nitrogens with zero attached hydrogens (tertiary/aromatic N) is 1. The standard InChI is InChI=1S/C16H18ClF2NO3/c1-11(4-9-14(21)23-3)10-16(18,19)15(17)20-12-5-7-13(22-2)8-6-12/h4-8H,9-10H2,1-3H3/b11-4+,20-15?. The van der Waals surface area contributed by atoms with Gasteiger partial charge in [0.05, 0.1) is 26.3 Å². The molecule has 0 aliphatic rings. The van der Waals surface area contributed by atoms with Crippen LogP contribution in [-0.4, -0.2) is 31.3 Å². The molecule has 0 heterocycles. The van der Waals surface area contributed by atoms with Gasteiger partial charge in [-0.3, -0.25) is 4.79 Å². The molecule has 0 N–H and O–H groups in total. The van der Waals surface area contributed by atoms with Gasteiger partial charge in [-0.05, 0) is 31.2 Å². The van der Waals surface area contributed by atoms with E-state index in [2.05, 4.69) is 9.73 Å². The number of methoxy groups -OCH3 is 2. The predicted molar refractivity (Wildman–Crippen MR) is 85.9 cm³/mol. The molecule has 0 fully saturated rings. The largest absolute Gasteiger partial charge is 0.497 e. The number of halogens is 3. The summed E-state index contributed by atoms with van der Waals surface area (Å²) < 4.78 is 37.5. The number of rotatable bonds is 7. The zero-order valence-electron chi connectivity index (χ0n) is 13.1. The molecule has 0 aliphatic heterocycles. The molecule has 0 radical (unpaired) electrons. The number of hydrogen-bond acceptors (Lipinski definition) is 4. The second-order valence-electron chi connectivity index (χ2n) is 4.81. The smallest absolute Gasteiger partial charge is 0.309 e. The number of esters is 1. The van der Waals surface area contributed by atoms with Crippen LogP contribution in [0.2, 0.25) is 0 Å². The molecule has 1 rings (SSSR count). The zero-order valence-corrected chi connectivity index (χ0v) is 13.9. The summed E-state index contributed by atoms with van der Waals surface area (Å²) in [4.78, 5) is 14.7. The van der Waals surface area contributed by atoms with E-state index in [1.54, 1.807) is 12.1 Å². The minimum absolute atomic E-state index is 0.0638. The van der Waals surface area contributed by atoms with Gasteiger partial charge in [-0.1, -0.05) is 23.3 Å². The molecule has 4 nitrogen and oxygen atoms in total. The van der Waals surface area contributed by atoms with Gasteiger partial charge in [0.25, 0.3) is 0 Å². The van der Waals surface area contributed by atoms with Gasteiger partial charge >= 0.3 is 11.9 Å². The maximum Gasteiger partial charge on any atom is 0.309 e. The van der Waals surface area contributed by atoms with Crippen LogP contribution in [0.5, 0.6) is 5.75 Å². The van der Waals surface area contributed by atoms with Crippen molar-refractivity contribution >= 4 is 28.4 Å². The molecule has 1 aromatic rings. The Bertz CT molecular complexity index is 598. The monoisotopic (exact) mass is 345 g/mol. The van der Waals surface area contributed by atoms with Crippen molar-refractivity contribution in [1.29, 1.82) is 0 Å². The summed E-state index contributed by atoms with van der Waals surface area (Å²) in [5.41, 5.74) is 0.621. The van der Waals surface area contributed by atoms with Crippen LogP contribution >= 0.6 is 11.6 Å². The number of hydrogen-bond donors (Lipinski definition) is 0. The normalized spacial score (nSPS) is 13.0. The van der Waals surface area contributed by atoms with Gasteiger partial charge < -0.3 is 9.47 Å². The Morgan fingerprint density at radius 1 is 1.30 bits per heavy atom. The van der Waals surface area contributed by atoms with Gasteiger partial charge in [0, 0.05) is 6.42 Å². The molecule has 0 atom stereocenters. The molecule has 1 aromatic carbocycles. The topological polar surface area (TPSA) is 47.9 Å². The summed E-state index contributed by atoms with van der Waals surface area (Å²) in [6, 6.07) is 6.25. The third-order valence-electron chi connectivity index (χ3n) is 2.95. The van der Waals surface area contributed by atoms with Crippen LogP contribution in [-0.2, 0) is 9.53 Å². The molecule has 23 heavy (non-hydrogen) atoms. The van der Waals surface area contributed by atoms with Crippen LogP contribution in [0, 0.1) is 0 Å².